The van der Waals surface area contributed by atoms with Crippen LogP contribution in [0.15, 0.2) is 41.5 Å². The highest BCUT2D eigenvalue weighted by atomic mass is 15.4. The molecule has 22 heavy (non-hydrogen) atoms. The molecule has 1 N–H and O–H groups in total. The third-order valence-corrected chi connectivity index (χ3v) is 4.06. The Hall–Kier alpha value is -2.23. The van der Waals surface area contributed by atoms with Gasteiger partial charge in [-0.05, 0) is 44.7 Å². The first kappa shape index (κ1) is 14.7. The molecule has 1 aliphatic carbocycles. The fraction of sp³-hybridized carbons (Fsp3) is 0.389. The molecular formula is C18H22N4. The highest BCUT2D eigenvalue weighted by Crippen LogP contribution is 2.30. The van der Waals surface area contributed by atoms with Crippen LogP contribution < -0.4 is 5.43 Å². The molecule has 1 fully saturated rings. The second kappa shape index (κ2) is 6.69. The number of hydrogen-bond donors (Lipinski definition) is 1. The smallest absolute Gasteiger partial charge is 0.243 e. The first-order chi connectivity index (χ1) is 10.7. The maximum atomic E-state index is 4.64. The predicted octanol–water partition coefficient (Wildman–Crippen LogP) is 4.22. The minimum atomic E-state index is 0.411. The topological polar surface area (TPSA) is 50.2 Å². The summed E-state index contributed by atoms with van der Waals surface area (Å²) >= 11 is 0. The zero-order valence-electron chi connectivity index (χ0n) is 13.2. The first-order valence-corrected chi connectivity index (χ1v) is 7.92. The Bertz CT molecular complexity index is 644. The molecule has 1 atom stereocenters. The van der Waals surface area contributed by atoms with Crippen LogP contribution in [0.1, 0.15) is 48.6 Å². The third kappa shape index (κ3) is 3.50. The summed E-state index contributed by atoms with van der Waals surface area (Å²) in [6, 6.07) is 12.6. The summed E-state index contributed by atoms with van der Waals surface area (Å²) in [7, 11) is 0. The number of hydrazone groups is 1. The lowest BCUT2D eigenvalue weighted by atomic mass is 9.82. The van der Waals surface area contributed by atoms with E-state index >= 15 is 0 Å². The maximum absolute atomic E-state index is 4.64. The van der Waals surface area contributed by atoms with Gasteiger partial charge in [-0.2, -0.15) is 5.10 Å². The molecule has 1 heterocycles. The fourth-order valence-corrected chi connectivity index (χ4v) is 3.07. The van der Waals surface area contributed by atoms with E-state index in [0.29, 0.717) is 11.9 Å². The number of aryl methyl sites for hydroxylation is 2. The van der Waals surface area contributed by atoms with Crippen molar-refractivity contribution in [3.63, 3.8) is 0 Å². The summed E-state index contributed by atoms with van der Waals surface area (Å²) in [5.41, 5.74) is 7.53. The molecule has 0 bridgehead atoms. The molecule has 1 aliphatic rings. The lowest BCUT2D eigenvalue weighted by Gasteiger charge is -2.24. The van der Waals surface area contributed by atoms with Gasteiger partial charge in [-0.3, -0.25) is 0 Å². The quantitative estimate of drug-likeness (QED) is 0.862. The molecule has 3 rings (SSSR count). The highest BCUT2D eigenvalue weighted by molar-refractivity contribution is 5.92. The van der Waals surface area contributed by atoms with E-state index in [0.717, 1.165) is 24.2 Å². The lowest BCUT2D eigenvalue weighted by molar-refractivity contribution is 0.611. The summed E-state index contributed by atoms with van der Waals surface area (Å²) in [6.45, 7) is 3.95. The van der Waals surface area contributed by atoms with Crippen molar-refractivity contribution in [2.45, 2.75) is 45.4 Å². The van der Waals surface area contributed by atoms with Gasteiger partial charge in [-0.25, -0.2) is 15.4 Å². The normalized spacial score (nSPS) is 20.1. The molecule has 0 unspecified atom stereocenters. The number of anilines is 1. The van der Waals surface area contributed by atoms with E-state index in [-0.39, 0.29) is 0 Å². The molecule has 4 heteroatoms. The van der Waals surface area contributed by atoms with Gasteiger partial charge in [-0.15, -0.1) is 0 Å². The molecule has 1 saturated carbocycles. The Morgan fingerprint density at radius 3 is 2.50 bits per heavy atom. The van der Waals surface area contributed by atoms with Crippen molar-refractivity contribution >= 4 is 11.7 Å². The molecule has 114 valence electrons. The number of aromatic nitrogens is 2. The molecule has 2 aromatic rings. The minimum Gasteiger partial charge on any atom is -0.245 e. The van der Waals surface area contributed by atoms with E-state index in [1.54, 1.807) is 0 Å². The van der Waals surface area contributed by atoms with E-state index in [2.05, 4.69) is 50.8 Å². The number of rotatable bonds is 3. The molecule has 0 saturated heterocycles. The van der Waals surface area contributed by atoms with E-state index in [9.17, 15) is 0 Å². The van der Waals surface area contributed by atoms with Crippen LogP contribution in [-0.2, 0) is 0 Å². The van der Waals surface area contributed by atoms with E-state index in [1.165, 1.54) is 24.1 Å². The van der Waals surface area contributed by atoms with Crippen molar-refractivity contribution in [2.24, 2.45) is 5.10 Å². The number of nitrogens with zero attached hydrogens (tertiary/aromatic N) is 3. The Morgan fingerprint density at radius 1 is 1.05 bits per heavy atom. The monoisotopic (exact) mass is 294 g/mol. The molecule has 0 spiro atoms. The van der Waals surface area contributed by atoms with Crippen LogP contribution in [-0.4, -0.2) is 15.7 Å². The van der Waals surface area contributed by atoms with E-state index in [4.69, 9.17) is 0 Å². The van der Waals surface area contributed by atoms with Gasteiger partial charge in [0.25, 0.3) is 0 Å². The van der Waals surface area contributed by atoms with Gasteiger partial charge in [0.1, 0.15) is 0 Å². The van der Waals surface area contributed by atoms with Gasteiger partial charge >= 0.3 is 0 Å². The fourth-order valence-electron chi connectivity index (χ4n) is 3.07. The summed E-state index contributed by atoms with van der Waals surface area (Å²) in [6.07, 6.45) is 4.67. The van der Waals surface area contributed by atoms with Gasteiger partial charge in [0.2, 0.25) is 5.95 Å². The van der Waals surface area contributed by atoms with Gasteiger partial charge in [0.05, 0.1) is 0 Å². The zero-order valence-corrected chi connectivity index (χ0v) is 13.2. The Labute approximate surface area is 131 Å². The van der Waals surface area contributed by atoms with Crippen LogP contribution in [0.3, 0.4) is 0 Å². The second-order valence-electron chi connectivity index (χ2n) is 5.90. The Balaban J connectivity index is 1.81. The summed E-state index contributed by atoms with van der Waals surface area (Å²) in [5.74, 6) is 0.996. The summed E-state index contributed by atoms with van der Waals surface area (Å²) < 4.78 is 0. The van der Waals surface area contributed by atoms with Crippen molar-refractivity contribution in [2.75, 3.05) is 5.43 Å². The Kier molecular flexibility index (Phi) is 4.47. The Morgan fingerprint density at radius 2 is 1.77 bits per heavy atom. The largest absolute Gasteiger partial charge is 0.245 e. The van der Waals surface area contributed by atoms with Gasteiger partial charge in [0.15, 0.2) is 0 Å². The van der Waals surface area contributed by atoms with Crippen molar-refractivity contribution in [1.82, 2.24) is 9.97 Å². The molecule has 1 aromatic heterocycles. The SMILES string of the molecule is Cc1cc(C)nc(NN=C2CCCC[C@H]2c2ccccc2)n1. The second-order valence-corrected chi connectivity index (χ2v) is 5.90. The summed E-state index contributed by atoms with van der Waals surface area (Å²) in [4.78, 5) is 8.77. The number of benzene rings is 1. The van der Waals surface area contributed by atoms with Crippen LogP contribution >= 0.6 is 0 Å². The molecule has 0 aliphatic heterocycles. The molecule has 4 nitrogen and oxygen atoms in total. The number of nitrogens with one attached hydrogen (secondary N) is 1. The predicted molar refractivity (Wildman–Crippen MR) is 90.2 cm³/mol. The van der Waals surface area contributed by atoms with E-state index < -0.39 is 0 Å². The first-order valence-electron chi connectivity index (χ1n) is 7.92. The van der Waals surface area contributed by atoms with Crippen LogP contribution in [0, 0.1) is 13.8 Å². The molecule has 0 amide bonds. The van der Waals surface area contributed by atoms with Crippen LogP contribution in [0.2, 0.25) is 0 Å². The van der Waals surface area contributed by atoms with Crippen molar-refractivity contribution in [1.29, 1.82) is 0 Å². The standard InChI is InChI=1S/C18H22N4/c1-13-12-14(2)20-18(19-13)22-21-17-11-7-6-10-16(17)15-8-4-3-5-9-15/h3-5,8-9,12,16H,6-7,10-11H2,1-2H3,(H,19,20,22)/t16-/m0/s1. The zero-order chi connectivity index (χ0) is 15.4. The average molecular weight is 294 g/mol. The molecule has 1 aromatic carbocycles. The van der Waals surface area contributed by atoms with Crippen molar-refractivity contribution in [3.8, 4) is 0 Å². The average Bonchev–Trinajstić information content (AvgIpc) is 2.53. The van der Waals surface area contributed by atoms with Crippen LogP contribution in [0.4, 0.5) is 5.95 Å². The van der Waals surface area contributed by atoms with Crippen LogP contribution in [0.5, 0.6) is 0 Å². The van der Waals surface area contributed by atoms with E-state index in [1.807, 2.05) is 19.9 Å². The summed E-state index contributed by atoms with van der Waals surface area (Å²) in [5, 5.41) is 4.64. The van der Waals surface area contributed by atoms with Gasteiger partial charge < -0.3 is 0 Å². The molecular weight excluding hydrogens is 272 g/mol. The van der Waals surface area contributed by atoms with Crippen LogP contribution in [0.25, 0.3) is 0 Å². The third-order valence-electron chi connectivity index (χ3n) is 4.06. The van der Waals surface area contributed by atoms with Gasteiger partial charge in [0, 0.05) is 23.0 Å². The lowest BCUT2D eigenvalue weighted by Crippen LogP contribution is -2.19. The van der Waals surface area contributed by atoms with Crippen molar-refractivity contribution in [3.05, 3.63) is 53.3 Å². The maximum Gasteiger partial charge on any atom is 0.243 e. The van der Waals surface area contributed by atoms with Crippen molar-refractivity contribution < 1.29 is 0 Å². The number of hydrogen-bond acceptors (Lipinski definition) is 4. The van der Waals surface area contributed by atoms with Gasteiger partial charge in [-0.1, -0.05) is 36.8 Å². The highest BCUT2D eigenvalue weighted by Gasteiger charge is 2.22. The molecule has 0 radical (unpaired) electrons. The minimum absolute atomic E-state index is 0.411.